The van der Waals surface area contributed by atoms with E-state index in [-0.39, 0.29) is 29.4 Å². The third-order valence-corrected chi connectivity index (χ3v) is 5.22. The molecule has 0 aromatic heterocycles. The Bertz CT molecular complexity index is 745. The zero-order valence-corrected chi connectivity index (χ0v) is 17.4. The SMILES string of the molecule is COc1cc(C(=O)OC2CC(C)=CCCC(C)(O)C=CC2C(C)C)ccc1O. The Kier molecular flexibility index (Phi) is 7.30. The van der Waals surface area contributed by atoms with E-state index >= 15 is 0 Å². The van der Waals surface area contributed by atoms with Crippen LogP contribution in [0.15, 0.2) is 42.0 Å². The third-order valence-electron chi connectivity index (χ3n) is 5.22. The normalized spacial score (nSPS) is 25.9. The van der Waals surface area contributed by atoms with E-state index in [1.807, 2.05) is 19.1 Å². The summed E-state index contributed by atoms with van der Waals surface area (Å²) in [6, 6.07) is 4.42. The molecule has 5 heteroatoms. The van der Waals surface area contributed by atoms with E-state index in [9.17, 15) is 15.0 Å². The highest BCUT2D eigenvalue weighted by Crippen LogP contribution is 2.31. The summed E-state index contributed by atoms with van der Waals surface area (Å²) in [6.45, 7) is 8.00. The summed E-state index contributed by atoms with van der Waals surface area (Å²) >= 11 is 0. The molecule has 0 aliphatic heterocycles. The first kappa shape index (κ1) is 22.0. The molecule has 0 radical (unpaired) electrons. The predicted molar refractivity (Wildman–Crippen MR) is 110 cm³/mol. The molecular weight excluding hydrogens is 356 g/mol. The summed E-state index contributed by atoms with van der Waals surface area (Å²) in [6.07, 6.45) is 7.63. The number of carbonyl (C=O) groups is 1. The smallest absolute Gasteiger partial charge is 0.338 e. The molecule has 2 rings (SSSR count). The van der Waals surface area contributed by atoms with Crippen molar-refractivity contribution >= 4 is 5.97 Å². The first-order valence-electron chi connectivity index (χ1n) is 9.78. The Balaban J connectivity index is 2.32. The van der Waals surface area contributed by atoms with Crippen LogP contribution < -0.4 is 4.74 Å². The van der Waals surface area contributed by atoms with Crippen molar-refractivity contribution in [3.05, 3.63) is 47.6 Å². The van der Waals surface area contributed by atoms with Gasteiger partial charge in [0.2, 0.25) is 0 Å². The number of aromatic hydroxyl groups is 1. The monoisotopic (exact) mass is 388 g/mol. The number of allylic oxidation sites excluding steroid dienone is 1. The van der Waals surface area contributed by atoms with Crippen molar-refractivity contribution in [2.24, 2.45) is 11.8 Å². The minimum absolute atomic E-state index is 0.0262. The fraction of sp³-hybridized carbons (Fsp3) is 0.522. The van der Waals surface area contributed by atoms with Gasteiger partial charge in [-0.3, -0.25) is 0 Å². The van der Waals surface area contributed by atoms with Gasteiger partial charge in [-0.05, 0) is 50.8 Å². The minimum Gasteiger partial charge on any atom is -0.504 e. The summed E-state index contributed by atoms with van der Waals surface area (Å²) < 4.78 is 11.0. The Hall–Kier alpha value is -2.27. The van der Waals surface area contributed by atoms with Gasteiger partial charge in [0.1, 0.15) is 6.10 Å². The van der Waals surface area contributed by atoms with Gasteiger partial charge in [0.05, 0.1) is 18.3 Å². The van der Waals surface area contributed by atoms with Crippen molar-refractivity contribution in [1.29, 1.82) is 0 Å². The molecule has 0 spiro atoms. The van der Waals surface area contributed by atoms with Crippen LogP contribution in [-0.4, -0.2) is 35.0 Å². The van der Waals surface area contributed by atoms with Crippen LogP contribution in [0.3, 0.4) is 0 Å². The van der Waals surface area contributed by atoms with Gasteiger partial charge < -0.3 is 19.7 Å². The van der Waals surface area contributed by atoms with Crippen LogP contribution in [0, 0.1) is 11.8 Å². The highest BCUT2D eigenvalue weighted by atomic mass is 16.5. The quantitative estimate of drug-likeness (QED) is 0.581. The maximum absolute atomic E-state index is 12.8. The Morgan fingerprint density at radius 1 is 1.32 bits per heavy atom. The molecule has 0 saturated heterocycles. The van der Waals surface area contributed by atoms with Crippen LogP contribution >= 0.6 is 0 Å². The van der Waals surface area contributed by atoms with Gasteiger partial charge >= 0.3 is 5.97 Å². The van der Waals surface area contributed by atoms with Crippen molar-refractivity contribution < 1.29 is 24.5 Å². The number of methoxy groups -OCH3 is 1. The molecule has 3 atom stereocenters. The Labute approximate surface area is 167 Å². The van der Waals surface area contributed by atoms with E-state index in [1.165, 1.54) is 25.3 Å². The Morgan fingerprint density at radius 2 is 2.04 bits per heavy atom. The summed E-state index contributed by atoms with van der Waals surface area (Å²) in [7, 11) is 1.44. The standard InChI is InChI=1S/C23H32O5/c1-15(2)18-10-12-23(4,26)11-6-7-16(3)13-20(18)28-22(25)17-8-9-19(24)21(14-17)27-5/h7-10,12,14-15,18,20,24,26H,6,11,13H2,1-5H3. The van der Waals surface area contributed by atoms with Crippen molar-refractivity contribution in [3.63, 3.8) is 0 Å². The van der Waals surface area contributed by atoms with Crippen molar-refractivity contribution in [2.45, 2.75) is 58.7 Å². The van der Waals surface area contributed by atoms with Crippen molar-refractivity contribution in [1.82, 2.24) is 0 Å². The molecule has 1 aliphatic carbocycles. The zero-order chi connectivity index (χ0) is 20.9. The highest BCUT2D eigenvalue weighted by Gasteiger charge is 2.29. The number of benzene rings is 1. The highest BCUT2D eigenvalue weighted by molar-refractivity contribution is 5.90. The van der Waals surface area contributed by atoms with E-state index in [1.54, 1.807) is 6.92 Å². The van der Waals surface area contributed by atoms with E-state index in [0.29, 0.717) is 18.4 Å². The lowest BCUT2D eigenvalue weighted by Crippen LogP contribution is -2.31. The van der Waals surface area contributed by atoms with Gasteiger partial charge in [0.25, 0.3) is 0 Å². The zero-order valence-electron chi connectivity index (χ0n) is 17.4. The molecule has 0 fully saturated rings. The first-order chi connectivity index (χ1) is 13.1. The van der Waals surface area contributed by atoms with Crippen molar-refractivity contribution in [2.75, 3.05) is 7.11 Å². The number of hydrogen-bond acceptors (Lipinski definition) is 5. The lowest BCUT2D eigenvalue weighted by molar-refractivity contribution is 0.0139. The lowest BCUT2D eigenvalue weighted by atomic mass is 9.83. The molecule has 3 unspecified atom stereocenters. The maximum atomic E-state index is 12.8. The molecule has 1 aliphatic rings. The second kappa shape index (κ2) is 9.28. The molecule has 28 heavy (non-hydrogen) atoms. The van der Waals surface area contributed by atoms with E-state index in [2.05, 4.69) is 19.9 Å². The second-order valence-corrected chi connectivity index (χ2v) is 8.16. The molecular formula is C23H32O5. The molecule has 2 N–H and O–H groups in total. The van der Waals surface area contributed by atoms with Gasteiger partial charge in [-0.1, -0.05) is 37.6 Å². The van der Waals surface area contributed by atoms with Crippen LogP contribution in [0.1, 0.15) is 57.3 Å². The van der Waals surface area contributed by atoms with E-state index in [4.69, 9.17) is 9.47 Å². The number of aliphatic hydroxyl groups is 1. The summed E-state index contributed by atoms with van der Waals surface area (Å²) in [5.41, 5.74) is 0.574. The number of phenolic OH excluding ortho intramolecular Hbond substituents is 1. The molecule has 1 aromatic rings. The molecule has 0 heterocycles. The van der Waals surface area contributed by atoms with Crippen LogP contribution in [0.25, 0.3) is 0 Å². The fourth-order valence-corrected chi connectivity index (χ4v) is 3.46. The summed E-state index contributed by atoms with van der Waals surface area (Å²) in [5.74, 6) is -0.0594. The van der Waals surface area contributed by atoms with Gasteiger partial charge in [-0.25, -0.2) is 4.79 Å². The lowest BCUT2D eigenvalue weighted by Gasteiger charge is -2.30. The second-order valence-electron chi connectivity index (χ2n) is 8.16. The number of hydrogen-bond donors (Lipinski definition) is 2. The minimum atomic E-state index is -0.889. The number of ether oxygens (including phenoxy) is 2. The average molecular weight is 389 g/mol. The third kappa shape index (κ3) is 5.86. The molecule has 154 valence electrons. The summed E-state index contributed by atoms with van der Waals surface area (Å²) in [5, 5.41) is 20.3. The first-order valence-corrected chi connectivity index (χ1v) is 9.78. The predicted octanol–water partition coefficient (Wildman–Crippen LogP) is 4.64. The number of esters is 1. The Morgan fingerprint density at radius 3 is 2.68 bits per heavy atom. The van der Waals surface area contributed by atoms with E-state index < -0.39 is 11.6 Å². The van der Waals surface area contributed by atoms with Gasteiger partial charge in [0.15, 0.2) is 11.5 Å². The van der Waals surface area contributed by atoms with E-state index in [0.717, 1.165) is 12.0 Å². The average Bonchev–Trinajstić information content (AvgIpc) is 2.60. The topological polar surface area (TPSA) is 76.0 Å². The summed E-state index contributed by atoms with van der Waals surface area (Å²) in [4.78, 5) is 12.8. The van der Waals surface area contributed by atoms with Crippen LogP contribution in [-0.2, 0) is 4.74 Å². The maximum Gasteiger partial charge on any atom is 0.338 e. The van der Waals surface area contributed by atoms with Gasteiger partial charge in [-0.15, -0.1) is 0 Å². The number of rotatable bonds is 4. The van der Waals surface area contributed by atoms with Gasteiger partial charge in [-0.2, -0.15) is 0 Å². The molecule has 0 saturated carbocycles. The molecule has 5 nitrogen and oxygen atoms in total. The fourth-order valence-electron chi connectivity index (χ4n) is 3.46. The number of phenols is 1. The molecule has 0 bridgehead atoms. The largest absolute Gasteiger partial charge is 0.504 e. The number of carbonyl (C=O) groups excluding carboxylic acids is 1. The molecule has 1 aromatic carbocycles. The van der Waals surface area contributed by atoms with Crippen LogP contribution in [0.5, 0.6) is 11.5 Å². The van der Waals surface area contributed by atoms with Crippen LogP contribution in [0.2, 0.25) is 0 Å². The van der Waals surface area contributed by atoms with Gasteiger partial charge in [0, 0.05) is 12.3 Å². The van der Waals surface area contributed by atoms with Crippen molar-refractivity contribution in [3.8, 4) is 11.5 Å². The molecule has 0 amide bonds. The van der Waals surface area contributed by atoms with Crippen LogP contribution in [0.4, 0.5) is 0 Å².